The number of benzene rings is 2. The van der Waals surface area contributed by atoms with Gasteiger partial charge in [-0.25, -0.2) is 4.99 Å². The Morgan fingerprint density at radius 2 is 1.77 bits per heavy atom. The molecule has 1 aliphatic rings. The number of anilines is 1. The highest BCUT2D eigenvalue weighted by Gasteiger charge is 2.43. The minimum absolute atomic E-state index is 0.0791. The Morgan fingerprint density at radius 1 is 1.16 bits per heavy atom. The molecular formula is C24H27N5O2. The molecule has 2 aromatic carbocycles. The second-order valence-corrected chi connectivity index (χ2v) is 8.46. The van der Waals surface area contributed by atoms with Crippen molar-refractivity contribution in [1.82, 2.24) is 4.90 Å². The zero-order valence-electron chi connectivity index (χ0n) is 18.1. The van der Waals surface area contributed by atoms with Crippen LogP contribution in [0.2, 0.25) is 0 Å². The lowest BCUT2D eigenvalue weighted by atomic mass is 9.91. The van der Waals surface area contributed by atoms with Crippen LogP contribution in [-0.4, -0.2) is 28.2 Å². The number of carbonyl (C=O) groups is 2. The SMILES string of the molecule is CC(C)CC1(C)N=C(N)N(Cc2ccc(CC(=O)Nc3ccc(C#N)cc3)cc2)C1=O. The van der Waals surface area contributed by atoms with E-state index in [1.165, 1.54) is 4.90 Å². The molecule has 160 valence electrons. The zero-order chi connectivity index (χ0) is 22.6. The maximum Gasteiger partial charge on any atom is 0.257 e. The fourth-order valence-electron chi connectivity index (χ4n) is 3.80. The molecule has 0 fully saturated rings. The molecule has 0 radical (unpaired) electrons. The summed E-state index contributed by atoms with van der Waals surface area (Å²) in [6, 6.07) is 16.3. The quantitative estimate of drug-likeness (QED) is 0.720. The van der Waals surface area contributed by atoms with Gasteiger partial charge in [-0.05, 0) is 54.7 Å². The van der Waals surface area contributed by atoms with Crippen LogP contribution in [0.25, 0.3) is 0 Å². The molecule has 1 aliphatic heterocycles. The van der Waals surface area contributed by atoms with E-state index in [4.69, 9.17) is 11.0 Å². The van der Waals surface area contributed by atoms with Gasteiger partial charge in [0, 0.05) is 5.69 Å². The van der Waals surface area contributed by atoms with Crippen LogP contribution in [0.1, 0.15) is 43.9 Å². The van der Waals surface area contributed by atoms with Crippen molar-refractivity contribution in [2.24, 2.45) is 16.6 Å². The molecule has 0 saturated heterocycles. The minimum atomic E-state index is -0.804. The van der Waals surface area contributed by atoms with Gasteiger partial charge >= 0.3 is 0 Å². The minimum Gasteiger partial charge on any atom is -0.369 e. The van der Waals surface area contributed by atoms with Gasteiger partial charge in [0.05, 0.1) is 24.6 Å². The molecule has 1 heterocycles. The maximum absolute atomic E-state index is 12.9. The number of nitrogens with one attached hydrogen (secondary N) is 1. The highest BCUT2D eigenvalue weighted by Crippen LogP contribution is 2.29. The summed E-state index contributed by atoms with van der Waals surface area (Å²) >= 11 is 0. The van der Waals surface area contributed by atoms with Gasteiger partial charge in [-0.2, -0.15) is 5.26 Å². The van der Waals surface area contributed by atoms with Crippen molar-refractivity contribution in [3.8, 4) is 6.07 Å². The Kier molecular flexibility index (Phi) is 6.40. The molecule has 0 spiro atoms. The fourth-order valence-corrected chi connectivity index (χ4v) is 3.80. The van der Waals surface area contributed by atoms with Crippen LogP contribution in [0, 0.1) is 17.2 Å². The molecule has 0 saturated carbocycles. The lowest BCUT2D eigenvalue weighted by Gasteiger charge is -2.23. The van der Waals surface area contributed by atoms with E-state index < -0.39 is 5.54 Å². The van der Waals surface area contributed by atoms with Gasteiger partial charge in [-0.15, -0.1) is 0 Å². The number of nitriles is 1. The van der Waals surface area contributed by atoms with Crippen LogP contribution < -0.4 is 11.1 Å². The maximum atomic E-state index is 12.9. The summed E-state index contributed by atoms with van der Waals surface area (Å²) in [6.45, 7) is 6.30. The van der Waals surface area contributed by atoms with Crippen LogP contribution in [0.15, 0.2) is 53.5 Å². The predicted octanol–water partition coefficient (Wildman–Crippen LogP) is 3.20. The van der Waals surface area contributed by atoms with Crippen LogP contribution in [0.5, 0.6) is 0 Å². The fraction of sp³-hybridized carbons (Fsp3) is 0.333. The summed E-state index contributed by atoms with van der Waals surface area (Å²) in [5.41, 5.74) is 8.19. The third kappa shape index (κ3) is 5.28. The van der Waals surface area contributed by atoms with E-state index in [2.05, 4.69) is 24.2 Å². The summed E-state index contributed by atoms with van der Waals surface area (Å²) in [6.07, 6.45) is 0.870. The summed E-state index contributed by atoms with van der Waals surface area (Å²) in [4.78, 5) is 31.1. The molecule has 1 unspecified atom stereocenters. The van der Waals surface area contributed by atoms with E-state index in [-0.39, 0.29) is 24.2 Å². The molecule has 7 heteroatoms. The molecule has 0 bridgehead atoms. The molecular weight excluding hydrogens is 390 g/mol. The highest BCUT2D eigenvalue weighted by atomic mass is 16.2. The van der Waals surface area contributed by atoms with Crippen LogP contribution in [0.3, 0.4) is 0 Å². The van der Waals surface area contributed by atoms with E-state index in [1.54, 1.807) is 24.3 Å². The van der Waals surface area contributed by atoms with Crippen molar-refractivity contribution in [2.75, 3.05) is 5.32 Å². The first-order chi connectivity index (χ1) is 14.7. The average Bonchev–Trinajstić information content (AvgIpc) is 2.92. The molecule has 7 nitrogen and oxygen atoms in total. The molecule has 31 heavy (non-hydrogen) atoms. The Labute approximate surface area is 182 Å². The Morgan fingerprint density at radius 3 is 2.35 bits per heavy atom. The van der Waals surface area contributed by atoms with Gasteiger partial charge in [0.25, 0.3) is 5.91 Å². The summed E-state index contributed by atoms with van der Waals surface area (Å²) in [5.74, 6) is 0.358. The second kappa shape index (κ2) is 9.00. The highest BCUT2D eigenvalue weighted by molar-refractivity contribution is 6.06. The van der Waals surface area contributed by atoms with Crippen LogP contribution >= 0.6 is 0 Å². The number of carbonyl (C=O) groups excluding carboxylic acids is 2. The third-order valence-electron chi connectivity index (χ3n) is 5.18. The number of nitrogens with zero attached hydrogens (tertiary/aromatic N) is 3. The van der Waals surface area contributed by atoms with Gasteiger partial charge < -0.3 is 11.1 Å². The number of hydrogen-bond donors (Lipinski definition) is 2. The van der Waals surface area contributed by atoms with Crippen molar-refractivity contribution in [1.29, 1.82) is 5.26 Å². The van der Waals surface area contributed by atoms with E-state index in [1.807, 2.05) is 37.3 Å². The predicted molar refractivity (Wildman–Crippen MR) is 120 cm³/mol. The van der Waals surface area contributed by atoms with E-state index in [0.717, 1.165) is 11.1 Å². The number of hydrogen-bond acceptors (Lipinski definition) is 5. The normalized spacial score (nSPS) is 18.1. The standard InChI is InChI=1S/C24H27N5O2/c1-16(2)13-24(3)22(31)29(23(26)28-24)15-19-6-4-17(5-7-19)12-21(30)27-20-10-8-18(14-25)9-11-20/h4-11,16H,12-13,15H2,1-3H3,(H2,26,28)(H,27,30). The lowest BCUT2D eigenvalue weighted by molar-refractivity contribution is -0.131. The molecule has 3 N–H and O–H groups in total. The molecule has 0 aromatic heterocycles. The van der Waals surface area contributed by atoms with Gasteiger partial charge in [-0.3, -0.25) is 14.5 Å². The van der Waals surface area contributed by atoms with Gasteiger partial charge in [-0.1, -0.05) is 38.1 Å². The summed E-state index contributed by atoms with van der Waals surface area (Å²) in [7, 11) is 0. The third-order valence-corrected chi connectivity index (χ3v) is 5.18. The summed E-state index contributed by atoms with van der Waals surface area (Å²) in [5, 5.41) is 11.7. The smallest absolute Gasteiger partial charge is 0.257 e. The molecule has 3 rings (SSSR count). The number of amides is 2. The Bertz CT molecular complexity index is 1040. The van der Waals surface area contributed by atoms with Crippen LogP contribution in [-0.2, 0) is 22.6 Å². The molecule has 0 aliphatic carbocycles. The van der Waals surface area contributed by atoms with Gasteiger partial charge in [0.15, 0.2) is 5.96 Å². The molecule has 2 amide bonds. The Hall–Kier alpha value is -3.66. The van der Waals surface area contributed by atoms with Gasteiger partial charge in [0.2, 0.25) is 5.91 Å². The van der Waals surface area contributed by atoms with E-state index >= 15 is 0 Å². The zero-order valence-corrected chi connectivity index (χ0v) is 18.1. The largest absolute Gasteiger partial charge is 0.369 e. The number of guanidine groups is 1. The van der Waals surface area contributed by atoms with Crippen molar-refractivity contribution in [3.05, 3.63) is 65.2 Å². The Balaban J connectivity index is 1.59. The van der Waals surface area contributed by atoms with Crippen molar-refractivity contribution >= 4 is 23.5 Å². The van der Waals surface area contributed by atoms with E-state index in [9.17, 15) is 9.59 Å². The average molecular weight is 418 g/mol. The first kappa shape index (κ1) is 22.0. The molecule has 2 aromatic rings. The summed E-state index contributed by atoms with van der Waals surface area (Å²) < 4.78 is 0. The van der Waals surface area contributed by atoms with Crippen molar-refractivity contribution in [3.63, 3.8) is 0 Å². The van der Waals surface area contributed by atoms with Crippen molar-refractivity contribution in [2.45, 2.75) is 45.7 Å². The number of rotatable bonds is 7. The first-order valence-electron chi connectivity index (χ1n) is 10.3. The van der Waals surface area contributed by atoms with Crippen LogP contribution in [0.4, 0.5) is 5.69 Å². The molecule has 1 atom stereocenters. The lowest BCUT2D eigenvalue weighted by Crippen LogP contribution is -2.43. The number of aliphatic imine (C=N–C) groups is 1. The second-order valence-electron chi connectivity index (χ2n) is 8.46. The van der Waals surface area contributed by atoms with Crippen molar-refractivity contribution < 1.29 is 9.59 Å². The monoisotopic (exact) mass is 417 g/mol. The van der Waals surface area contributed by atoms with E-state index in [0.29, 0.717) is 30.1 Å². The topological polar surface area (TPSA) is 112 Å². The van der Waals surface area contributed by atoms with Gasteiger partial charge in [0.1, 0.15) is 5.54 Å². The first-order valence-corrected chi connectivity index (χ1v) is 10.3. The number of nitrogens with two attached hydrogens (primary N) is 1.